The van der Waals surface area contributed by atoms with Crippen LogP contribution in [0.2, 0.25) is 5.02 Å². The van der Waals surface area contributed by atoms with E-state index >= 15 is 0 Å². The molecule has 10 nitrogen and oxygen atoms in total. The SMILES string of the molecule is CC1(COc2cc3ncnc(Nc4ccc(F)c(Cl)c4)c3cc2NC(=O)C=CCN2CCC(OCCO)C2)COC1. The zero-order chi connectivity index (χ0) is 28.8. The molecule has 12 heteroatoms. The highest BCUT2D eigenvalue weighted by atomic mass is 35.5. The Labute approximate surface area is 242 Å². The average Bonchev–Trinajstić information content (AvgIpc) is 3.39. The quantitative estimate of drug-likeness (QED) is 0.269. The van der Waals surface area contributed by atoms with Crippen molar-refractivity contribution in [2.75, 3.05) is 63.3 Å². The molecule has 0 bridgehead atoms. The number of halogens is 2. The summed E-state index contributed by atoms with van der Waals surface area (Å²) in [5.74, 6) is 0.109. The molecule has 0 spiro atoms. The lowest BCUT2D eigenvalue weighted by molar-refractivity contribution is -0.120. The van der Waals surface area contributed by atoms with Crippen LogP contribution in [0.5, 0.6) is 5.75 Å². The van der Waals surface area contributed by atoms with E-state index in [1.54, 1.807) is 18.2 Å². The predicted octanol–water partition coefficient (Wildman–Crippen LogP) is 4.16. The van der Waals surface area contributed by atoms with Gasteiger partial charge in [0, 0.05) is 48.3 Å². The summed E-state index contributed by atoms with van der Waals surface area (Å²) in [6, 6.07) is 7.82. The first-order valence-electron chi connectivity index (χ1n) is 13.5. The average molecular weight is 586 g/mol. The fourth-order valence-electron chi connectivity index (χ4n) is 4.70. The molecule has 3 aromatic rings. The van der Waals surface area contributed by atoms with E-state index in [1.807, 2.05) is 6.08 Å². The molecule has 2 aliphatic rings. The van der Waals surface area contributed by atoms with Crippen molar-refractivity contribution in [2.24, 2.45) is 5.41 Å². The molecule has 2 fully saturated rings. The first kappa shape index (κ1) is 29.2. The van der Waals surface area contributed by atoms with Gasteiger partial charge in [-0.25, -0.2) is 14.4 Å². The van der Waals surface area contributed by atoms with Crippen LogP contribution < -0.4 is 15.4 Å². The molecule has 1 unspecified atom stereocenters. The van der Waals surface area contributed by atoms with Gasteiger partial charge >= 0.3 is 0 Å². The standard InChI is InChI=1S/C29H33ClFN5O5/c1-29(15-39-16-29)17-41-26-13-24-21(28(33-18-32-24)34-19-4-5-23(31)22(30)11-19)12-25(26)35-27(38)3-2-7-36-8-6-20(14-36)40-10-9-37/h2-5,11-13,18,20,37H,6-10,14-17H2,1H3,(H,35,38)(H,32,33,34). The Morgan fingerprint density at radius 2 is 2.17 bits per heavy atom. The maximum atomic E-state index is 13.7. The molecule has 1 aromatic heterocycles. The van der Waals surface area contributed by atoms with Crippen molar-refractivity contribution < 1.29 is 28.5 Å². The van der Waals surface area contributed by atoms with Crippen molar-refractivity contribution in [2.45, 2.75) is 19.4 Å². The van der Waals surface area contributed by atoms with Gasteiger partial charge in [0.1, 0.15) is 23.7 Å². The summed E-state index contributed by atoms with van der Waals surface area (Å²) in [7, 11) is 0. The highest BCUT2D eigenvalue weighted by Crippen LogP contribution is 2.36. The van der Waals surface area contributed by atoms with Gasteiger partial charge in [-0.3, -0.25) is 9.69 Å². The van der Waals surface area contributed by atoms with Crippen LogP contribution >= 0.6 is 11.6 Å². The lowest BCUT2D eigenvalue weighted by Crippen LogP contribution is -2.44. The molecular formula is C29H33ClFN5O5. The Bertz CT molecular complexity index is 1420. The van der Waals surface area contributed by atoms with Crippen molar-refractivity contribution in [1.82, 2.24) is 14.9 Å². The summed E-state index contributed by atoms with van der Waals surface area (Å²) < 4.78 is 30.8. The van der Waals surface area contributed by atoms with Crippen LogP contribution in [0.3, 0.4) is 0 Å². The maximum Gasteiger partial charge on any atom is 0.248 e. The minimum atomic E-state index is -0.519. The van der Waals surface area contributed by atoms with E-state index in [0.29, 0.717) is 66.8 Å². The van der Waals surface area contributed by atoms with Gasteiger partial charge in [-0.2, -0.15) is 0 Å². The van der Waals surface area contributed by atoms with Crippen LogP contribution in [0.4, 0.5) is 21.6 Å². The normalized spacial score (nSPS) is 18.5. The minimum Gasteiger partial charge on any atom is -0.491 e. The number of benzene rings is 2. The van der Waals surface area contributed by atoms with Crippen LogP contribution in [0.25, 0.3) is 10.9 Å². The predicted molar refractivity (Wildman–Crippen MR) is 154 cm³/mol. The molecule has 1 amide bonds. The number of anilines is 3. The number of hydrogen-bond donors (Lipinski definition) is 3. The summed E-state index contributed by atoms with van der Waals surface area (Å²) in [5, 5.41) is 15.7. The number of ether oxygens (including phenoxy) is 3. The highest BCUT2D eigenvalue weighted by molar-refractivity contribution is 6.31. The number of rotatable bonds is 12. The third kappa shape index (κ3) is 7.49. The van der Waals surface area contributed by atoms with Gasteiger partial charge in [0.2, 0.25) is 5.91 Å². The van der Waals surface area contributed by atoms with E-state index in [9.17, 15) is 9.18 Å². The summed E-state index contributed by atoms with van der Waals surface area (Å²) in [6.07, 6.45) is 5.72. The molecule has 3 N–H and O–H groups in total. The highest BCUT2D eigenvalue weighted by Gasteiger charge is 2.34. The number of nitrogens with one attached hydrogen (secondary N) is 2. The van der Waals surface area contributed by atoms with Crippen LogP contribution in [0, 0.1) is 11.2 Å². The molecule has 218 valence electrons. The molecule has 5 rings (SSSR count). The summed E-state index contributed by atoms with van der Waals surface area (Å²) >= 11 is 5.95. The Kier molecular flexibility index (Phi) is 9.31. The second-order valence-electron chi connectivity index (χ2n) is 10.6. The lowest BCUT2D eigenvalue weighted by atomic mass is 9.90. The zero-order valence-corrected chi connectivity index (χ0v) is 23.5. The topological polar surface area (TPSA) is 118 Å². The summed E-state index contributed by atoms with van der Waals surface area (Å²) in [6.45, 7) is 6.26. The number of nitrogens with zero attached hydrogens (tertiary/aromatic N) is 3. The van der Waals surface area contributed by atoms with Gasteiger partial charge in [0.25, 0.3) is 0 Å². The zero-order valence-electron chi connectivity index (χ0n) is 22.7. The molecule has 0 radical (unpaired) electrons. The van der Waals surface area contributed by atoms with Crippen molar-refractivity contribution >= 4 is 45.6 Å². The van der Waals surface area contributed by atoms with E-state index in [1.165, 1.54) is 24.5 Å². The van der Waals surface area contributed by atoms with Gasteiger partial charge in [0.05, 0.1) is 55.4 Å². The summed E-state index contributed by atoms with van der Waals surface area (Å²) in [5.41, 5.74) is 1.50. The number of likely N-dealkylation sites (tertiary alicyclic amines) is 1. The van der Waals surface area contributed by atoms with Crippen LogP contribution in [-0.4, -0.2) is 84.7 Å². The monoisotopic (exact) mass is 585 g/mol. The fraction of sp³-hybridized carbons (Fsp3) is 0.414. The summed E-state index contributed by atoms with van der Waals surface area (Å²) in [4.78, 5) is 23.9. The van der Waals surface area contributed by atoms with Crippen molar-refractivity contribution in [1.29, 1.82) is 0 Å². The number of aliphatic hydroxyl groups is 1. The number of carbonyl (C=O) groups excluding carboxylic acids is 1. The third-order valence-corrected chi connectivity index (χ3v) is 7.25. The molecular weight excluding hydrogens is 553 g/mol. The Hall–Kier alpha value is -3.35. The fourth-order valence-corrected chi connectivity index (χ4v) is 4.88. The molecule has 2 saturated heterocycles. The van der Waals surface area contributed by atoms with E-state index in [-0.39, 0.29) is 29.1 Å². The molecule has 0 aliphatic carbocycles. The van der Waals surface area contributed by atoms with Crippen molar-refractivity contribution in [3.8, 4) is 5.75 Å². The minimum absolute atomic E-state index is 0.00827. The molecule has 0 saturated carbocycles. The Morgan fingerprint density at radius 3 is 2.93 bits per heavy atom. The molecule has 41 heavy (non-hydrogen) atoms. The number of carbonyl (C=O) groups is 1. The Morgan fingerprint density at radius 1 is 1.32 bits per heavy atom. The Balaban J connectivity index is 1.33. The first-order valence-corrected chi connectivity index (χ1v) is 13.8. The number of aromatic nitrogens is 2. The van der Waals surface area contributed by atoms with Crippen LogP contribution in [-0.2, 0) is 14.3 Å². The van der Waals surface area contributed by atoms with Crippen LogP contribution in [0.15, 0.2) is 48.8 Å². The van der Waals surface area contributed by atoms with E-state index in [2.05, 4.69) is 32.4 Å². The molecule has 2 aliphatic heterocycles. The lowest BCUT2D eigenvalue weighted by Gasteiger charge is -2.37. The number of amides is 1. The number of aliphatic hydroxyl groups excluding tert-OH is 1. The molecule has 1 atom stereocenters. The van der Waals surface area contributed by atoms with Gasteiger partial charge < -0.3 is 30.0 Å². The van der Waals surface area contributed by atoms with Gasteiger partial charge in [-0.15, -0.1) is 0 Å². The van der Waals surface area contributed by atoms with Crippen molar-refractivity contribution in [3.63, 3.8) is 0 Å². The van der Waals surface area contributed by atoms with Gasteiger partial charge in [-0.1, -0.05) is 24.6 Å². The van der Waals surface area contributed by atoms with Crippen molar-refractivity contribution in [3.05, 3.63) is 59.7 Å². The van der Waals surface area contributed by atoms with Gasteiger partial charge in [0.15, 0.2) is 0 Å². The van der Waals surface area contributed by atoms with E-state index in [0.717, 1.165) is 19.5 Å². The van der Waals surface area contributed by atoms with E-state index in [4.69, 9.17) is 30.9 Å². The molecule has 2 aromatic carbocycles. The second kappa shape index (κ2) is 13.1. The van der Waals surface area contributed by atoms with Gasteiger partial charge in [-0.05, 0) is 30.7 Å². The second-order valence-corrected chi connectivity index (χ2v) is 11.0. The van der Waals surface area contributed by atoms with Crippen LogP contribution in [0.1, 0.15) is 13.3 Å². The number of hydrogen-bond acceptors (Lipinski definition) is 9. The smallest absolute Gasteiger partial charge is 0.248 e. The third-order valence-electron chi connectivity index (χ3n) is 6.96. The maximum absolute atomic E-state index is 13.7. The first-order chi connectivity index (χ1) is 19.8. The van der Waals surface area contributed by atoms with E-state index < -0.39 is 5.82 Å². The largest absolute Gasteiger partial charge is 0.491 e. The molecule has 3 heterocycles. The number of fused-ring (bicyclic) bond motifs is 1.